The Bertz CT molecular complexity index is 992. The SMILES string of the molecule is Clc1ccc(-c2ccn(C3CCC(N4CCN(c5ccccc5Cl)CC4)C3)n2)cc1. The Kier molecular flexibility index (Phi) is 5.72. The number of nitrogens with zero attached hydrogens (tertiary/aromatic N) is 4. The number of aromatic nitrogens is 2. The highest BCUT2D eigenvalue weighted by Gasteiger charge is 2.32. The Morgan fingerprint density at radius 2 is 1.53 bits per heavy atom. The number of rotatable bonds is 4. The first-order valence-corrected chi connectivity index (χ1v) is 11.5. The van der Waals surface area contributed by atoms with Gasteiger partial charge in [-0.2, -0.15) is 5.10 Å². The van der Waals surface area contributed by atoms with Crippen LogP contribution in [0.3, 0.4) is 0 Å². The van der Waals surface area contributed by atoms with E-state index in [1.807, 2.05) is 36.4 Å². The van der Waals surface area contributed by atoms with E-state index in [1.165, 1.54) is 19.3 Å². The van der Waals surface area contributed by atoms with Gasteiger partial charge < -0.3 is 4.90 Å². The topological polar surface area (TPSA) is 24.3 Å². The van der Waals surface area contributed by atoms with Crippen LogP contribution in [0.1, 0.15) is 25.3 Å². The highest BCUT2D eigenvalue weighted by atomic mass is 35.5. The quantitative estimate of drug-likeness (QED) is 0.514. The van der Waals surface area contributed by atoms with Gasteiger partial charge in [0.2, 0.25) is 0 Å². The summed E-state index contributed by atoms with van der Waals surface area (Å²) >= 11 is 12.4. The van der Waals surface area contributed by atoms with Crippen molar-refractivity contribution in [3.8, 4) is 11.3 Å². The van der Waals surface area contributed by atoms with Crippen LogP contribution < -0.4 is 4.90 Å². The second-order valence-electron chi connectivity index (χ2n) is 8.28. The molecule has 5 rings (SSSR count). The van der Waals surface area contributed by atoms with Crippen LogP contribution in [0.15, 0.2) is 60.8 Å². The fraction of sp³-hybridized carbons (Fsp3) is 0.375. The van der Waals surface area contributed by atoms with E-state index in [9.17, 15) is 0 Å². The first-order chi connectivity index (χ1) is 14.7. The van der Waals surface area contributed by atoms with Gasteiger partial charge >= 0.3 is 0 Å². The highest BCUT2D eigenvalue weighted by Crippen LogP contribution is 2.35. The molecule has 156 valence electrons. The minimum Gasteiger partial charge on any atom is -0.368 e. The average Bonchev–Trinajstić information content (AvgIpc) is 3.45. The van der Waals surface area contributed by atoms with Gasteiger partial charge in [-0.1, -0.05) is 47.5 Å². The van der Waals surface area contributed by atoms with E-state index in [2.05, 4.69) is 38.9 Å². The van der Waals surface area contributed by atoms with Crippen LogP contribution in [0, 0.1) is 0 Å². The van der Waals surface area contributed by atoms with Gasteiger partial charge in [-0.15, -0.1) is 0 Å². The lowest BCUT2D eigenvalue weighted by Crippen LogP contribution is -2.49. The molecule has 2 aliphatic rings. The lowest BCUT2D eigenvalue weighted by molar-refractivity contribution is 0.183. The summed E-state index contributed by atoms with van der Waals surface area (Å²) in [6, 6.07) is 19.3. The van der Waals surface area contributed by atoms with E-state index in [0.717, 1.165) is 53.2 Å². The number of halogens is 2. The third-order valence-electron chi connectivity index (χ3n) is 6.52. The molecule has 2 heterocycles. The van der Waals surface area contributed by atoms with Gasteiger partial charge in [-0.25, -0.2) is 0 Å². The van der Waals surface area contributed by atoms with Crippen LogP contribution in [0.4, 0.5) is 5.69 Å². The van der Waals surface area contributed by atoms with Crippen molar-refractivity contribution in [2.75, 3.05) is 31.1 Å². The predicted octanol–water partition coefficient (Wildman–Crippen LogP) is 5.77. The first-order valence-electron chi connectivity index (χ1n) is 10.7. The van der Waals surface area contributed by atoms with Crippen molar-refractivity contribution in [1.29, 1.82) is 0 Å². The number of piperazine rings is 1. The standard InChI is InChI=1S/C24H26Cl2N4/c25-19-7-5-18(6-8-19)23-11-12-30(27-23)21-10-9-20(17-21)28-13-15-29(16-14-28)24-4-2-1-3-22(24)26/h1-8,11-12,20-21H,9-10,13-17H2. The molecular formula is C24H26Cl2N4. The first kappa shape index (κ1) is 19.9. The van der Waals surface area contributed by atoms with E-state index >= 15 is 0 Å². The van der Waals surface area contributed by atoms with Crippen LogP contribution in [-0.2, 0) is 0 Å². The lowest BCUT2D eigenvalue weighted by Gasteiger charge is -2.39. The van der Waals surface area contributed by atoms with Gasteiger partial charge in [0, 0.05) is 49.0 Å². The maximum atomic E-state index is 6.39. The molecule has 0 radical (unpaired) electrons. The molecule has 1 saturated carbocycles. The fourth-order valence-corrected chi connectivity index (χ4v) is 5.24. The molecule has 1 aliphatic carbocycles. The van der Waals surface area contributed by atoms with Gasteiger partial charge in [0.15, 0.2) is 0 Å². The van der Waals surface area contributed by atoms with Crippen molar-refractivity contribution >= 4 is 28.9 Å². The second kappa shape index (κ2) is 8.62. The molecule has 0 N–H and O–H groups in total. The third kappa shape index (κ3) is 4.09. The number of anilines is 1. The third-order valence-corrected chi connectivity index (χ3v) is 7.10. The van der Waals surface area contributed by atoms with Gasteiger partial charge in [0.05, 0.1) is 22.4 Å². The summed E-state index contributed by atoms with van der Waals surface area (Å²) in [4.78, 5) is 5.08. The Balaban J connectivity index is 1.19. The van der Waals surface area contributed by atoms with E-state index < -0.39 is 0 Å². The zero-order chi connectivity index (χ0) is 20.5. The summed E-state index contributed by atoms with van der Waals surface area (Å²) in [5.74, 6) is 0. The molecule has 1 aromatic heterocycles. The van der Waals surface area contributed by atoms with E-state index in [0.29, 0.717) is 12.1 Å². The summed E-state index contributed by atoms with van der Waals surface area (Å²) in [6.07, 6.45) is 5.74. The largest absolute Gasteiger partial charge is 0.368 e. The molecule has 2 fully saturated rings. The van der Waals surface area contributed by atoms with E-state index in [-0.39, 0.29) is 0 Å². The lowest BCUT2D eigenvalue weighted by atomic mass is 10.1. The Labute approximate surface area is 188 Å². The summed E-state index contributed by atoms with van der Waals surface area (Å²) in [5, 5.41) is 6.47. The molecule has 0 spiro atoms. The van der Waals surface area contributed by atoms with Crippen LogP contribution in [0.25, 0.3) is 11.3 Å². The molecule has 30 heavy (non-hydrogen) atoms. The van der Waals surface area contributed by atoms with Crippen LogP contribution >= 0.6 is 23.2 Å². The zero-order valence-electron chi connectivity index (χ0n) is 16.9. The van der Waals surface area contributed by atoms with Crippen LogP contribution in [-0.4, -0.2) is 46.9 Å². The van der Waals surface area contributed by atoms with Crippen molar-refractivity contribution in [3.63, 3.8) is 0 Å². The molecular weight excluding hydrogens is 415 g/mol. The number of benzene rings is 2. The average molecular weight is 441 g/mol. The molecule has 2 atom stereocenters. The smallest absolute Gasteiger partial charge is 0.0923 e. The van der Waals surface area contributed by atoms with Gasteiger partial charge in [0.1, 0.15) is 0 Å². The molecule has 6 heteroatoms. The minimum atomic E-state index is 0.484. The van der Waals surface area contributed by atoms with Gasteiger partial charge in [-0.05, 0) is 49.6 Å². The summed E-state index contributed by atoms with van der Waals surface area (Å²) in [6.45, 7) is 4.26. The Morgan fingerprint density at radius 3 is 2.30 bits per heavy atom. The summed E-state index contributed by atoms with van der Waals surface area (Å²) in [5.41, 5.74) is 3.29. The summed E-state index contributed by atoms with van der Waals surface area (Å²) in [7, 11) is 0. The molecule has 0 bridgehead atoms. The molecule has 0 amide bonds. The molecule has 4 nitrogen and oxygen atoms in total. The molecule has 2 unspecified atom stereocenters. The fourth-order valence-electron chi connectivity index (χ4n) is 4.86. The van der Waals surface area contributed by atoms with Crippen molar-refractivity contribution in [2.24, 2.45) is 0 Å². The number of para-hydroxylation sites is 1. The molecule has 1 saturated heterocycles. The highest BCUT2D eigenvalue weighted by molar-refractivity contribution is 6.33. The summed E-state index contributed by atoms with van der Waals surface area (Å²) < 4.78 is 2.17. The van der Waals surface area contributed by atoms with Gasteiger partial charge in [-0.3, -0.25) is 9.58 Å². The van der Waals surface area contributed by atoms with Crippen LogP contribution in [0.2, 0.25) is 10.0 Å². The van der Waals surface area contributed by atoms with Crippen LogP contribution in [0.5, 0.6) is 0 Å². The number of hydrogen-bond acceptors (Lipinski definition) is 3. The zero-order valence-corrected chi connectivity index (χ0v) is 18.4. The Hall–Kier alpha value is -2.01. The predicted molar refractivity (Wildman–Crippen MR) is 125 cm³/mol. The van der Waals surface area contributed by atoms with Crippen molar-refractivity contribution in [2.45, 2.75) is 31.3 Å². The number of hydrogen-bond donors (Lipinski definition) is 0. The second-order valence-corrected chi connectivity index (χ2v) is 9.13. The van der Waals surface area contributed by atoms with Crippen molar-refractivity contribution in [1.82, 2.24) is 14.7 Å². The van der Waals surface area contributed by atoms with Gasteiger partial charge in [0.25, 0.3) is 0 Å². The molecule has 2 aromatic carbocycles. The molecule has 1 aliphatic heterocycles. The Morgan fingerprint density at radius 1 is 0.800 bits per heavy atom. The van der Waals surface area contributed by atoms with Crippen molar-refractivity contribution in [3.05, 3.63) is 70.8 Å². The van der Waals surface area contributed by atoms with E-state index in [4.69, 9.17) is 28.3 Å². The monoisotopic (exact) mass is 440 g/mol. The maximum absolute atomic E-state index is 6.39. The minimum absolute atomic E-state index is 0.484. The molecule has 3 aromatic rings. The normalized spacial score (nSPS) is 22.5. The van der Waals surface area contributed by atoms with E-state index in [1.54, 1.807) is 0 Å². The maximum Gasteiger partial charge on any atom is 0.0923 e. The van der Waals surface area contributed by atoms with Crippen molar-refractivity contribution < 1.29 is 0 Å².